The summed E-state index contributed by atoms with van der Waals surface area (Å²) in [6, 6.07) is 0. The van der Waals surface area contributed by atoms with E-state index in [-0.39, 0.29) is 23.7 Å². The Balaban J connectivity index is 2.25. The van der Waals surface area contributed by atoms with Gasteiger partial charge >= 0.3 is 5.97 Å². The number of carboxylic acid groups (broad SMARTS) is 1. The molecule has 13 heavy (non-hydrogen) atoms. The molecule has 0 aromatic rings. The molecule has 4 atom stereocenters. The summed E-state index contributed by atoms with van der Waals surface area (Å²) in [6.45, 7) is 0. The Morgan fingerprint density at radius 2 is 2.00 bits per heavy atom. The van der Waals surface area contributed by atoms with Crippen molar-refractivity contribution in [2.75, 3.05) is 0 Å². The Morgan fingerprint density at radius 1 is 1.38 bits per heavy atom. The summed E-state index contributed by atoms with van der Waals surface area (Å²) < 4.78 is 0. The van der Waals surface area contributed by atoms with Gasteiger partial charge in [-0.3, -0.25) is 4.79 Å². The third-order valence-corrected chi connectivity index (χ3v) is 3.68. The topological polar surface area (TPSA) is 37.3 Å². The molecule has 4 unspecified atom stereocenters. The van der Waals surface area contributed by atoms with Crippen LogP contribution in [0, 0.1) is 23.7 Å². The van der Waals surface area contributed by atoms with Gasteiger partial charge < -0.3 is 5.11 Å². The number of alkyl halides is 2. The van der Waals surface area contributed by atoms with Gasteiger partial charge in [0.1, 0.15) is 4.84 Å². The number of hydrogen-bond donors (Lipinski definition) is 1. The van der Waals surface area contributed by atoms with Crippen LogP contribution >= 0.6 is 23.2 Å². The van der Waals surface area contributed by atoms with Crippen molar-refractivity contribution in [3.63, 3.8) is 0 Å². The van der Waals surface area contributed by atoms with Crippen molar-refractivity contribution in [3.8, 4) is 0 Å². The van der Waals surface area contributed by atoms with Gasteiger partial charge in [-0.05, 0) is 18.3 Å². The fourth-order valence-corrected chi connectivity index (χ4v) is 3.24. The van der Waals surface area contributed by atoms with Crippen LogP contribution in [0.4, 0.5) is 0 Å². The summed E-state index contributed by atoms with van der Waals surface area (Å²) in [4.78, 5) is 10.4. The van der Waals surface area contributed by atoms with Crippen LogP contribution in [0.5, 0.6) is 0 Å². The number of halogens is 2. The highest BCUT2D eigenvalue weighted by Crippen LogP contribution is 2.51. The van der Waals surface area contributed by atoms with Crippen molar-refractivity contribution >= 4 is 29.2 Å². The lowest BCUT2D eigenvalue weighted by Gasteiger charge is -2.25. The number of hydrogen-bond acceptors (Lipinski definition) is 1. The molecule has 72 valence electrons. The molecule has 0 amide bonds. The number of fused-ring (bicyclic) bond motifs is 2. The van der Waals surface area contributed by atoms with Crippen LogP contribution in [0.15, 0.2) is 12.2 Å². The predicted octanol–water partition coefficient (Wildman–Crippen LogP) is 2.31. The summed E-state index contributed by atoms with van der Waals surface area (Å²) in [5, 5.41) is 9.00. The Labute approximate surface area is 86.5 Å². The van der Waals surface area contributed by atoms with E-state index in [1.165, 1.54) is 0 Å². The van der Waals surface area contributed by atoms with Crippen LogP contribution in [-0.4, -0.2) is 15.9 Å². The van der Waals surface area contributed by atoms with E-state index in [1.807, 2.05) is 12.2 Å². The third kappa shape index (κ3) is 1.36. The van der Waals surface area contributed by atoms with E-state index < -0.39 is 10.8 Å². The van der Waals surface area contributed by atoms with Crippen molar-refractivity contribution < 1.29 is 9.90 Å². The lowest BCUT2D eigenvalue weighted by atomic mass is 9.84. The number of carbonyl (C=O) groups is 1. The molecule has 1 N–H and O–H groups in total. The van der Waals surface area contributed by atoms with Gasteiger partial charge in [-0.2, -0.15) is 0 Å². The zero-order valence-corrected chi connectivity index (χ0v) is 8.37. The summed E-state index contributed by atoms with van der Waals surface area (Å²) >= 11 is 11.6. The van der Waals surface area contributed by atoms with Crippen LogP contribution < -0.4 is 0 Å². The van der Waals surface area contributed by atoms with Crippen molar-refractivity contribution in [2.45, 2.75) is 11.3 Å². The molecule has 0 aromatic heterocycles. The fraction of sp³-hybridized carbons (Fsp3) is 0.667. The highest BCUT2D eigenvalue weighted by Gasteiger charge is 2.50. The van der Waals surface area contributed by atoms with E-state index in [0.717, 1.165) is 6.42 Å². The third-order valence-electron chi connectivity index (χ3n) is 3.10. The predicted molar refractivity (Wildman–Crippen MR) is 50.8 cm³/mol. The molecule has 4 heteroatoms. The van der Waals surface area contributed by atoms with Crippen LogP contribution in [0.25, 0.3) is 0 Å². The van der Waals surface area contributed by atoms with E-state index in [2.05, 4.69) is 0 Å². The average Bonchev–Trinajstić information content (AvgIpc) is 2.60. The first-order valence-electron chi connectivity index (χ1n) is 4.30. The second-order valence-electron chi connectivity index (χ2n) is 3.72. The molecule has 0 radical (unpaired) electrons. The molecular weight excluding hydrogens is 211 g/mol. The van der Waals surface area contributed by atoms with Gasteiger partial charge in [0, 0.05) is 5.92 Å². The molecule has 0 spiro atoms. The molecule has 0 aliphatic heterocycles. The monoisotopic (exact) mass is 220 g/mol. The maximum atomic E-state index is 11.0. The summed E-state index contributed by atoms with van der Waals surface area (Å²) in [6.07, 6.45) is 4.93. The number of aliphatic carboxylic acids is 1. The van der Waals surface area contributed by atoms with Gasteiger partial charge in [-0.25, -0.2) is 0 Å². The second-order valence-corrected chi connectivity index (χ2v) is 4.89. The van der Waals surface area contributed by atoms with Gasteiger partial charge in [-0.15, -0.1) is 23.2 Å². The van der Waals surface area contributed by atoms with Crippen LogP contribution in [0.3, 0.4) is 0 Å². The Hall–Kier alpha value is -0.210. The lowest BCUT2D eigenvalue weighted by molar-refractivity contribution is -0.144. The molecule has 2 aliphatic rings. The fourth-order valence-electron chi connectivity index (χ4n) is 2.55. The molecule has 1 saturated carbocycles. The van der Waals surface area contributed by atoms with Crippen LogP contribution in [0.2, 0.25) is 0 Å². The summed E-state index contributed by atoms with van der Waals surface area (Å²) in [5.74, 6) is -0.836. The van der Waals surface area contributed by atoms with E-state index in [0.29, 0.717) is 0 Å². The number of allylic oxidation sites excluding steroid dienone is 2. The molecular formula is C9H10Cl2O2. The van der Waals surface area contributed by atoms with Gasteiger partial charge in [0.15, 0.2) is 0 Å². The Morgan fingerprint density at radius 3 is 2.46 bits per heavy atom. The lowest BCUT2D eigenvalue weighted by Crippen LogP contribution is -2.31. The van der Waals surface area contributed by atoms with Crippen molar-refractivity contribution in [2.24, 2.45) is 23.7 Å². The highest BCUT2D eigenvalue weighted by molar-refractivity contribution is 6.44. The van der Waals surface area contributed by atoms with Gasteiger partial charge in [0.25, 0.3) is 0 Å². The quantitative estimate of drug-likeness (QED) is 0.573. The van der Waals surface area contributed by atoms with Crippen LogP contribution in [0.1, 0.15) is 6.42 Å². The second kappa shape index (κ2) is 3.18. The van der Waals surface area contributed by atoms with Gasteiger partial charge in [-0.1, -0.05) is 12.2 Å². The van der Waals surface area contributed by atoms with E-state index in [1.54, 1.807) is 0 Å². The SMILES string of the molecule is O=C(O)C1C2C=CC(C2)C1C(Cl)Cl. The Kier molecular flexibility index (Phi) is 2.28. The standard InChI is InChI=1S/C9H10Cl2O2/c10-8(11)6-4-1-2-5(3-4)7(6)9(12)13/h1-2,4-8H,3H2,(H,12,13). The molecule has 0 heterocycles. The molecule has 1 fully saturated rings. The first-order chi connectivity index (χ1) is 6.11. The highest BCUT2D eigenvalue weighted by atomic mass is 35.5. The van der Waals surface area contributed by atoms with E-state index in [9.17, 15) is 4.79 Å². The first-order valence-corrected chi connectivity index (χ1v) is 5.18. The van der Waals surface area contributed by atoms with E-state index >= 15 is 0 Å². The van der Waals surface area contributed by atoms with Gasteiger partial charge in [0.05, 0.1) is 5.92 Å². The largest absolute Gasteiger partial charge is 0.481 e. The molecule has 2 aliphatic carbocycles. The Bertz CT molecular complexity index is 262. The summed E-state index contributed by atoms with van der Waals surface area (Å²) in [5.41, 5.74) is 0. The number of rotatable bonds is 2. The minimum atomic E-state index is -0.770. The smallest absolute Gasteiger partial charge is 0.307 e. The minimum Gasteiger partial charge on any atom is -0.481 e. The normalized spacial score (nSPS) is 41.8. The van der Waals surface area contributed by atoms with Crippen molar-refractivity contribution in [3.05, 3.63) is 12.2 Å². The van der Waals surface area contributed by atoms with Gasteiger partial charge in [0.2, 0.25) is 0 Å². The number of carboxylic acids is 1. The molecule has 2 nitrogen and oxygen atoms in total. The molecule has 0 aromatic carbocycles. The van der Waals surface area contributed by atoms with Crippen molar-refractivity contribution in [1.29, 1.82) is 0 Å². The maximum absolute atomic E-state index is 11.0. The van der Waals surface area contributed by atoms with Crippen molar-refractivity contribution in [1.82, 2.24) is 0 Å². The molecule has 2 rings (SSSR count). The summed E-state index contributed by atoms with van der Waals surface area (Å²) in [7, 11) is 0. The first kappa shape index (κ1) is 9.35. The zero-order valence-electron chi connectivity index (χ0n) is 6.86. The van der Waals surface area contributed by atoms with Crippen LogP contribution in [-0.2, 0) is 4.79 Å². The molecule has 2 bridgehead atoms. The average molecular weight is 221 g/mol. The maximum Gasteiger partial charge on any atom is 0.307 e. The molecule has 0 saturated heterocycles. The van der Waals surface area contributed by atoms with E-state index in [4.69, 9.17) is 28.3 Å². The minimum absolute atomic E-state index is 0.101. The zero-order chi connectivity index (χ0) is 9.59.